The molecule has 1 heterocycles. The van der Waals surface area contributed by atoms with Gasteiger partial charge >= 0.3 is 0 Å². The predicted molar refractivity (Wildman–Crippen MR) is 87.6 cm³/mol. The molecule has 1 N–H and O–H groups in total. The molecule has 0 bridgehead atoms. The lowest BCUT2D eigenvalue weighted by Gasteiger charge is -2.51. The maximum Gasteiger partial charge on any atom is 0.0593 e. The monoisotopic (exact) mass is 294 g/mol. The summed E-state index contributed by atoms with van der Waals surface area (Å²) in [5.74, 6) is 1.61. The summed E-state index contributed by atoms with van der Waals surface area (Å²) in [6.45, 7) is 10.2. The molecule has 122 valence electrons. The van der Waals surface area contributed by atoms with Gasteiger partial charge in [0, 0.05) is 37.8 Å². The summed E-state index contributed by atoms with van der Waals surface area (Å²) in [7, 11) is 0. The maximum atomic E-state index is 5.90. The molecule has 0 aromatic rings. The van der Waals surface area contributed by atoms with Gasteiger partial charge in [-0.05, 0) is 37.5 Å². The second-order valence-electron chi connectivity index (χ2n) is 8.02. The van der Waals surface area contributed by atoms with Gasteiger partial charge in [-0.3, -0.25) is 4.90 Å². The fourth-order valence-electron chi connectivity index (χ4n) is 4.19. The summed E-state index contributed by atoms with van der Waals surface area (Å²) in [6, 6.07) is 0.682. The molecule has 0 amide bonds. The third kappa shape index (κ3) is 4.20. The Morgan fingerprint density at radius 2 is 1.95 bits per heavy atom. The molecule has 1 saturated heterocycles. The smallest absolute Gasteiger partial charge is 0.0593 e. The van der Waals surface area contributed by atoms with Crippen LogP contribution in [0.2, 0.25) is 0 Å². The molecule has 0 aromatic carbocycles. The molecule has 1 spiro atoms. The lowest BCUT2D eigenvalue weighted by molar-refractivity contribution is 0.0113. The number of rotatable bonds is 6. The molecule has 3 rings (SSSR count). The van der Waals surface area contributed by atoms with Crippen LogP contribution in [0.25, 0.3) is 0 Å². The van der Waals surface area contributed by atoms with E-state index in [4.69, 9.17) is 4.74 Å². The van der Waals surface area contributed by atoms with Gasteiger partial charge in [0.1, 0.15) is 0 Å². The van der Waals surface area contributed by atoms with Gasteiger partial charge in [0.05, 0.1) is 6.61 Å². The molecule has 3 aliphatic rings. The molecule has 2 saturated carbocycles. The quantitative estimate of drug-likeness (QED) is 0.762. The van der Waals surface area contributed by atoms with Crippen LogP contribution < -0.4 is 5.32 Å². The fourth-order valence-corrected chi connectivity index (χ4v) is 4.19. The second-order valence-corrected chi connectivity index (χ2v) is 8.02. The number of piperazine rings is 1. The van der Waals surface area contributed by atoms with E-state index in [1.807, 2.05) is 0 Å². The molecular weight excluding hydrogens is 260 g/mol. The van der Waals surface area contributed by atoms with Crippen molar-refractivity contribution in [2.45, 2.75) is 70.4 Å². The summed E-state index contributed by atoms with van der Waals surface area (Å²) in [5.41, 5.74) is 0.417. The van der Waals surface area contributed by atoms with Crippen molar-refractivity contribution in [1.29, 1.82) is 0 Å². The largest absolute Gasteiger partial charge is 0.380 e. The van der Waals surface area contributed by atoms with E-state index in [1.165, 1.54) is 58.0 Å². The van der Waals surface area contributed by atoms with Gasteiger partial charge in [-0.25, -0.2) is 0 Å². The van der Waals surface area contributed by atoms with Gasteiger partial charge < -0.3 is 10.1 Å². The van der Waals surface area contributed by atoms with Crippen molar-refractivity contribution in [3.63, 3.8) is 0 Å². The van der Waals surface area contributed by atoms with Crippen molar-refractivity contribution in [2.75, 3.05) is 32.8 Å². The van der Waals surface area contributed by atoms with Gasteiger partial charge in [0.2, 0.25) is 0 Å². The van der Waals surface area contributed by atoms with Gasteiger partial charge in [0.15, 0.2) is 0 Å². The molecule has 1 unspecified atom stereocenters. The van der Waals surface area contributed by atoms with Crippen LogP contribution in [0.4, 0.5) is 0 Å². The number of nitrogens with one attached hydrogen (secondary N) is 1. The summed E-state index contributed by atoms with van der Waals surface area (Å²) in [5, 5.41) is 3.93. The minimum absolute atomic E-state index is 0.417. The van der Waals surface area contributed by atoms with Gasteiger partial charge in [-0.2, -0.15) is 0 Å². The zero-order valence-electron chi connectivity index (χ0n) is 14.1. The average molecular weight is 294 g/mol. The SMILES string of the molecule is CC(C)C1CNC2(CCCCC2)CN1CCOCC1CC1. The highest BCUT2D eigenvalue weighted by Gasteiger charge is 2.40. The van der Waals surface area contributed by atoms with Crippen molar-refractivity contribution in [1.82, 2.24) is 10.2 Å². The van der Waals surface area contributed by atoms with Crippen LogP contribution in [0.3, 0.4) is 0 Å². The zero-order chi connectivity index (χ0) is 14.7. The van der Waals surface area contributed by atoms with E-state index in [2.05, 4.69) is 24.1 Å². The van der Waals surface area contributed by atoms with Crippen molar-refractivity contribution in [3.8, 4) is 0 Å². The molecule has 0 aromatic heterocycles. The normalized spacial score (nSPS) is 30.1. The third-order valence-corrected chi connectivity index (χ3v) is 5.81. The van der Waals surface area contributed by atoms with Gasteiger partial charge in [-0.15, -0.1) is 0 Å². The molecule has 3 fully saturated rings. The first-order chi connectivity index (χ1) is 10.2. The minimum atomic E-state index is 0.417. The Labute approximate surface area is 130 Å². The van der Waals surface area contributed by atoms with E-state index >= 15 is 0 Å². The molecule has 1 atom stereocenters. The van der Waals surface area contributed by atoms with Crippen molar-refractivity contribution in [3.05, 3.63) is 0 Å². The Balaban J connectivity index is 1.52. The molecule has 3 heteroatoms. The lowest BCUT2D eigenvalue weighted by atomic mass is 9.78. The van der Waals surface area contributed by atoms with Crippen LogP contribution in [0.1, 0.15) is 58.8 Å². The highest BCUT2D eigenvalue weighted by atomic mass is 16.5. The van der Waals surface area contributed by atoms with E-state index in [0.29, 0.717) is 11.6 Å². The fraction of sp³-hybridized carbons (Fsp3) is 1.00. The van der Waals surface area contributed by atoms with Crippen molar-refractivity contribution < 1.29 is 4.74 Å². The standard InChI is InChI=1S/C18H34N2O/c1-15(2)17-12-19-18(8-4-3-5-9-18)14-20(17)10-11-21-13-16-6-7-16/h15-17,19H,3-14H2,1-2H3. The molecule has 0 radical (unpaired) electrons. The van der Waals surface area contributed by atoms with Gasteiger partial charge in [-0.1, -0.05) is 33.1 Å². The summed E-state index contributed by atoms with van der Waals surface area (Å²) < 4.78 is 5.90. The number of ether oxygens (including phenoxy) is 1. The van der Waals surface area contributed by atoms with Crippen molar-refractivity contribution in [2.24, 2.45) is 11.8 Å². The first kappa shape index (κ1) is 15.8. The third-order valence-electron chi connectivity index (χ3n) is 5.81. The average Bonchev–Trinajstić information content (AvgIpc) is 3.28. The van der Waals surface area contributed by atoms with E-state index in [9.17, 15) is 0 Å². The Morgan fingerprint density at radius 1 is 1.19 bits per heavy atom. The molecule has 2 aliphatic carbocycles. The van der Waals surface area contributed by atoms with E-state index in [1.54, 1.807) is 0 Å². The predicted octanol–water partition coefficient (Wildman–Crippen LogP) is 3.05. The Morgan fingerprint density at radius 3 is 2.62 bits per heavy atom. The minimum Gasteiger partial charge on any atom is -0.380 e. The highest BCUT2D eigenvalue weighted by Crippen LogP contribution is 2.33. The van der Waals surface area contributed by atoms with E-state index < -0.39 is 0 Å². The van der Waals surface area contributed by atoms with Crippen LogP contribution in [0.5, 0.6) is 0 Å². The number of nitrogens with zero attached hydrogens (tertiary/aromatic N) is 1. The van der Waals surface area contributed by atoms with Gasteiger partial charge in [0.25, 0.3) is 0 Å². The molecule has 21 heavy (non-hydrogen) atoms. The van der Waals surface area contributed by atoms with Crippen LogP contribution in [-0.2, 0) is 4.74 Å². The first-order valence-electron chi connectivity index (χ1n) is 9.25. The van der Waals surface area contributed by atoms with Crippen LogP contribution in [-0.4, -0.2) is 49.3 Å². The second kappa shape index (κ2) is 6.97. The van der Waals surface area contributed by atoms with Crippen LogP contribution in [0.15, 0.2) is 0 Å². The number of hydrogen-bond acceptors (Lipinski definition) is 3. The van der Waals surface area contributed by atoms with Crippen LogP contribution >= 0.6 is 0 Å². The summed E-state index contributed by atoms with van der Waals surface area (Å²) in [6.07, 6.45) is 9.78. The Kier molecular flexibility index (Phi) is 5.23. The number of hydrogen-bond donors (Lipinski definition) is 1. The van der Waals surface area contributed by atoms with E-state index in [-0.39, 0.29) is 0 Å². The van der Waals surface area contributed by atoms with E-state index in [0.717, 1.165) is 31.6 Å². The zero-order valence-corrected chi connectivity index (χ0v) is 14.1. The van der Waals surface area contributed by atoms with Crippen molar-refractivity contribution >= 4 is 0 Å². The maximum absolute atomic E-state index is 5.90. The topological polar surface area (TPSA) is 24.5 Å². The Hall–Kier alpha value is -0.120. The molecule has 3 nitrogen and oxygen atoms in total. The first-order valence-corrected chi connectivity index (χ1v) is 9.25. The van der Waals surface area contributed by atoms with Crippen LogP contribution in [0, 0.1) is 11.8 Å². The Bertz CT molecular complexity index is 321. The molecule has 1 aliphatic heterocycles. The lowest BCUT2D eigenvalue weighted by Crippen LogP contribution is -2.66. The highest BCUT2D eigenvalue weighted by molar-refractivity contribution is 5.00. The summed E-state index contributed by atoms with van der Waals surface area (Å²) >= 11 is 0. The molecular formula is C18H34N2O. The summed E-state index contributed by atoms with van der Waals surface area (Å²) in [4.78, 5) is 2.74.